The molecule has 0 N–H and O–H groups in total. The van der Waals surface area contributed by atoms with Crippen LogP contribution >= 0.6 is 0 Å². The van der Waals surface area contributed by atoms with Crippen LogP contribution in [0, 0.1) is 12.8 Å². The lowest BCUT2D eigenvalue weighted by molar-refractivity contribution is -0.0489. The second kappa shape index (κ2) is 9.29. The lowest BCUT2D eigenvalue weighted by Gasteiger charge is -2.50. The minimum absolute atomic E-state index is 0.131. The second-order valence-corrected chi connectivity index (χ2v) is 13.6. The summed E-state index contributed by atoms with van der Waals surface area (Å²) in [6.07, 6.45) is 6.41. The Morgan fingerprint density at radius 3 is 2.45 bits per heavy atom. The molecule has 1 saturated carbocycles. The number of pyridine rings is 1. The molecule has 0 saturated heterocycles. The van der Waals surface area contributed by atoms with Crippen LogP contribution in [0.1, 0.15) is 55.6 Å². The number of sulfone groups is 1. The van der Waals surface area contributed by atoms with E-state index in [1.54, 1.807) is 17.1 Å². The number of anilines is 1. The van der Waals surface area contributed by atoms with Gasteiger partial charge in [-0.05, 0) is 44.2 Å². The standard InChI is InChI=1S/C29H32F2N6O2S/c1-18-26(36(3)35-34-18)21-14-23-25(33-15-21)22-16-32-17-24(40(4,38)39)28(22,2)37(23)27(19-8-6-5-7-9-19)20-10-12-29(30,31)13-11-20/h5-9,14-17,20,24,27H,10-13H2,1-4H3. The van der Waals surface area contributed by atoms with Crippen molar-refractivity contribution in [1.29, 1.82) is 0 Å². The SMILES string of the molecule is Cc1nnn(C)c1-c1cnc2c(c1)N(C(c1ccccc1)C1CCC(F)(F)CC1)C1(C)C2=CN=CC1S(C)(=O)=O. The summed E-state index contributed by atoms with van der Waals surface area (Å²) in [6, 6.07) is 11.4. The summed E-state index contributed by atoms with van der Waals surface area (Å²) in [4.78, 5) is 11.4. The molecule has 0 bridgehead atoms. The minimum atomic E-state index is -3.62. The molecule has 3 atom stereocenters. The van der Waals surface area contributed by atoms with Crippen molar-refractivity contribution < 1.29 is 17.2 Å². The van der Waals surface area contributed by atoms with Crippen LogP contribution in [0.15, 0.2) is 53.8 Å². The highest BCUT2D eigenvalue weighted by Crippen LogP contribution is 2.57. The van der Waals surface area contributed by atoms with Gasteiger partial charge in [-0.25, -0.2) is 21.9 Å². The van der Waals surface area contributed by atoms with Crippen molar-refractivity contribution in [3.63, 3.8) is 0 Å². The Kier molecular flexibility index (Phi) is 6.21. The Morgan fingerprint density at radius 2 is 1.82 bits per heavy atom. The normalized spacial score (nSPS) is 24.9. The molecule has 4 heterocycles. The van der Waals surface area contributed by atoms with Crippen molar-refractivity contribution in [3.05, 3.63) is 65.7 Å². The predicted octanol–water partition coefficient (Wildman–Crippen LogP) is 5.17. The van der Waals surface area contributed by atoms with E-state index in [0.717, 1.165) is 28.2 Å². The van der Waals surface area contributed by atoms with Crippen LogP contribution in [0.25, 0.3) is 16.8 Å². The molecule has 210 valence electrons. The van der Waals surface area contributed by atoms with Crippen LogP contribution in [0.2, 0.25) is 0 Å². The highest BCUT2D eigenvalue weighted by atomic mass is 32.2. The summed E-state index contributed by atoms with van der Waals surface area (Å²) in [6.45, 7) is 3.79. The zero-order chi connectivity index (χ0) is 28.4. The topological polar surface area (TPSA) is 93.3 Å². The molecular weight excluding hydrogens is 534 g/mol. The molecule has 2 aromatic heterocycles. The Labute approximate surface area is 232 Å². The van der Waals surface area contributed by atoms with Crippen molar-refractivity contribution in [1.82, 2.24) is 20.0 Å². The molecule has 0 radical (unpaired) electrons. The summed E-state index contributed by atoms with van der Waals surface area (Å²) >= 11 is 0. The molecular formula is C29H32F2N6O2S. The van der Waals surface area contributed by atoms with Gasteiger partial charge >= 0.3 is 0 Å². The fraction of sp³-hybridized carbons (Fsp3) is 0.448. The second-order valence-electron chi connectivity index (χ2n) is 11.4. The van der Waals surface area contributed by atoms with Crippen LogP contribution in [-0.2, 0) is 16.9 Å². The minimum Gasteiger partial charge on any atom is -0.351 e. The summed E-state index contributed by atoms with van der Waals surface area (Å²) in [5, 5.41) is 7.38. The third-order valence-corrected chi connectivity index (χ3v) is 10.3. The molecule has 3 aliphatic rings. The van der Waals surface area contributed by atoms with Gasteiger partial charge in [0.15, 0.2) is 9.84 Å². The molecule has 3 unspecified atom stereocenters. The van der Waals surface area contributed by atoms with Crippen molar-refractivity contribution >= 4 is 27.3 Å². The van der Waals surface area contributed by atoms with E-state index < -0.39 is 26.5 Å². The van der Waals surface area contributed by atoms with E-state index in [-0.39, 0.29) is 24.8 Å². The van der Waals surface area contributed by atoms with Crippen LogP contribution in [0.3, 0.4) is 0 Å². The molecule has 3 aromatic rings. The number of hydrogen-bond acceptors (Lipinski definition) is 7. The van der Waals surface area contributed by atoms with Crippen molar-refractivity contribution in [2.75, 3.05) is 11.2 Å². The number of fused-ring (bicyclic) bond motifs is 3. The molecule has 1 aliphatic carbocycles. The molecule has 11 heteroatoms. The van der Waals surface area contributed by atoms with Crippen molar-refractivity contribution in [2.45, 2.75) is 62.3 Å². The van der Waals surface area contributed by atoms with E-state index in [4.69, 9.17) is 4.98 Å². The summed E-state index contributed by atoms with van der Waals surface area (Å²) in [5.41, 5.74) is 4.30. The van der Waals surface area contributed by atoms with E-state index in [0.29, 0.717) is 24.1 Å². The molecule has 1 aromatic carbocycles. The lowest BCUT2D eigenvalue weighted by atomic mass is 9.76. The number of aryl methyl sites for hydroxylation is 2. The maximum Gasteiger partial charge on any atom is 0.248 e. The average molecular weight is 567 g/mol. The number of benzene rings is 1. The number of rotatable bonds is 5. The molecule has 1 fully saturated rings. The first-order chi connectivity index (χ1) is 18.9. The summed E-state index contributed by atoms with van der Waals surface area (Å²) in [5.74, 6) is -2.82. The zero-order valence-electron chi connectivity index (χ0n) is 22.9. The third kappa shape index (κ3) is 4.17. The van der Waals surface area contributed by atoms with E-state index in [1.807, 2.05) is 57.3 Å². The monoisotopic (exact) mass is 566 g/mol. The fourth-order valence-electron chi connectivity index (χ4n) is 6.90. The van der Waals surface area contributed by atoms with E-state index in [9.17, 15) is 17.2 Å². The van der Waals surface area contributed by atoms with Gasteiger partial charge in [-0.2, -0.15) is 0 Å². The third-order valence-electron chi connectivity index (χ3n) is 8.76. The smallest absolute Gasteiger partial charge is 0.248 e. The number of halogens is 2. The van der Waals surface area contributed by atoms with Gasteiger partial charge in [-0.3, -0.25) is 9.98 Å². The van der Waals surface area contributed by atoms with Gasteiger partial charge in [0.25, 0.3) is 0 Å². The number of nitrogens with zero attached hydrogens (tertiary/aromatic N) is 6. The molecule has 8 nitrogen and oxygen atoms in total. The Hall–Kier alpha value is -3.47. The first-order valence-electron chi connectivity index (χ1n) is 13.4. The number of aromatic nitrogens is 4. The Bertz CT molecular complexity index is 1610. The van der Waals surface area contributed by atoms with Gasteiger partial charge < -0.3 is 4.90 Å². The van der Waals surface area contributed by atoms with Crippen LogP contribution in [0.4, 0.5) is 14.5 Å². The van der Waals surface area contributed by atoms with E-state index in [1.165, 1.54) is 12.5 Å². The van der Waals surface area contributed by atoms with E-state index in [2.05, 4.69) is 20.2 Å². The lowest BCUT2D eigenvalue weighted by Crippen LogP contribution is -2.59. The average Bonchev–Trinajstić information content (AvgIpc) is 3.37. The Balaban J connectivity index is 1.61. The molecule has 40 heavy (non-hydrogen) atoms. The summed E-state index contributed by atoms with van der Waals surface area (Å²) in [7, 11) is -1.81. The van der Waals surface area contributed by atoms with Gasteiger partial charge in [0, 0.05) is 55.9 Å². The maximum absolute atomic E-state index is 14.4. The van der Waals surface area contributed by atoms with Crippen LogP contribution in [-0.4, -0.2) is 57.6 Å². The molecule has 6 rings (SSSR count). The van der Waals surface area contributed by atoms with Crippen LogP contribution in [0.5, 0.6) is 0 Å². The van der Waals surface area contributed by atoms with E-state index >= 15 is 0 Å². The van der Waals surface area contributed by atoms with Gasteiger partial charge in [-0.15, -0.1) is 5.10 Å². The Morgan fingerprint density at radius 1 is 1.12 bits per heavy atom. The fourth-order valence-corrected chi connectivity index (χ4v) is 8.26. The van der Waals surface area contributed by atoms with Crippen molar-refractivity contribution in [3.8, 4) is 11.3 Å². The number of hydrogen-bond donors (Lipinski definition) is 0. The van der Waals surface area contributed by atoms with Gasteiger partial charge in [-0.1, -0.05) is 35.5 Å². The zero-order valence-corrected chi connectivity index (χ0v) is 23.7. The number of alkyl halides is 2. The molecule has 0 amide bonds. The van der Waals surface area contributed by atoms with Gasteiger partial charge in [0.05, 0.1) is 34.3 Å². The quantitative estimate of drug-likeness (QED) is 0.423. The number of aliphatic imine (C=N–C) groups is 1. The van der Waals surface area contributed by atoms with Crippen molar-refractivity contribution in [2.24, 2.45) is 18.0 Å². The molecule has 0 spiro atoms. The highest BCUT2D eigenvalue weighted by molar-refractivity contribution is 7.92. The summed E-state index contributed by atoms with van der Waals surface area (Å²) < 4.78 is 57.0. The first kappa shape index (κ1) is 26.7. The van der Waals surface area contributed by atoms with Gasteiger partial charge in [0.2, 0.25) is 5.92 Å². The maximum atomic E-state index is 14.4. The van der Waals surface area contributed by atoms with Gasteiger partial charge in [0.1, 0.15) is 5.25 Å². The highest BCUT2D eigenvalue weighted by Gasteiger charge is 2.58. The molecule has 2 aliphatic heterocycles. The first-order valence-corrected chi connectivity index (χ1v) is 15.4. The largest absolute Gasteiger partial charge is 0.351 e. The predicted molar refractivity (Wildman–Crippen MR) is 151 cm³/mol. The van der Waals surface area contributed by atoms with Crippen LogP contribution < -0.4 is 4.90 Å².